The summed E-state index contributed by atoms with van der Waals surface area (Å²) in [6.07, 6.45) is 0.131. The molecule has 2 rings (SSSR count). The van der Waals surface area contributed by atoms with E-state index >= 15 is 0 Å². The third-order valence-corrected chi connectivity index (χ3v) is 4.68. The fourth-order valence-electron chi connectivity index (χ4n) is 2.34. The molecule has 0 bridgehead atoms. The molecule has 0 radical (unpaired) electrons. The van der Waals surface area contributed by atoms with Gasteiger partial charge in [-0.05, 0) is 12.1 Å². The summed E-state index contributed by atoms with van der Waals surface area (Å²) in [5, 5.41) is 8.98. The smallest absolute Gasteiger partial charge is 0.307 e. The van der Waals surface area contributed by atoms with Crippen LogP contribution >= 0.6 is 11.8 Å². The Labute approximate surface area is 132 Å². The maximum absolute atomic E-state index is 13.7. The SMILES string of the molecule is COC(=O)C[C@@H]1CSCCN1C(=O)c1ccc(CO)c(F)c1. The molecular formula is C15H18FNO4S. The van der Waals surface area contributed by atoms with Crippen LogP contribution in [-0.2, 0) is 16.1 Å². The molecule has 0 aliphatic carbocycles. The van der Waals surface area contributed by atoms with E-state index in [1.807, 2.05) is 0 Å². The molecule has 22 heavy (non-hydrogen) atoms. The Morgan fingerprint density at radius 3 is 2.91 bits per heavy atom. The fraction of sp³-hybridized carbons (Fsp3) is 0.467. The van der Waals surface area contributed by atoms with Crippen LogP contribution in [0.25, 0.3) is 0 Å². The molecule has 1 aliphatic heterocycles. The summed E-state index contributed by atoms with van der Waals surface area (Å²) < 4.78 is 18.4. The number of esters is 1. The molecule has 0 aromatic heterocycles. The van der Waals surface area contributed by atoms with Crippen molar-refractivity contribution in [2.45, 2.75) is 19.1 Å². The van der Waals surface area contributed by atoms with Gasteiger partial charge in [0.1, 0.15) is 5.82 Å². The molecule has 7 heteroatoms. The van der Waals surface area contributed by atoms with Gasteiger partial charge in [-0.1, -0.05) is 6.07 Å². The lowest BCUT2D eigenvalue weighted by Crippen LogP contribution is -2.47. The molecule has 5 nitrogen and oxygen atoms in total. The molecule has 0 unspecified atom stereocenters. The number of carbonyl (C=O) groups is 2. The number of aliphatic hydroxyl groups is 1. The van der Waals surface area contributed by atoms with Crippen molar-refractivity contribution in [1.82, 2.24) is 4.90 Å². The average Bonchev–Trinajstić information content (AvgIpc) is 2.54. The van der Waals surface area contributed by atoms with Crippen LogP contribution in [-0.4, -0.2) is 53.1 Å². The standard InChI is InChI=1S/C15H18FNO4S/c1-21-14(19)7-12-9-22-5-4-17(12)15(20)10-2-3-11(8-18)13(16)6-10/h2-3,6,12,18H,4-5,7-9H2,1H3/t12-/m1/s1. The van der Waals surface area contributed by atoms with Crippen LogP contribution in [0.5, 0.6) is 0 Å². The summed E-state index contributed by atoms with van der Waals surface area (Å²) in [4.78, 5) is 25.6. The van der Waals surface area contributed by atoms with Crippen LogP contribution in [0.3, 0.4) is 0 Å². The Bertz CT molecular complexity index is 566. The molecule has 1 aromatic carbocycles. The van der Waals surface area contributed by atoms with Gasteiger partial charge in [-0.2, -0.15) is 11.8 Å². The summed E-state index contributed by atoms with van der Waals surface area (Å²) in [7, 11) is 1.31. The minimum absolute atomic E-state index is 0.131. The van der Waals surface area contributed by atoms with Crippen LogP contribution in [0.4, 0.5) is 4.39 Å². The van der Waals surface area contributed by atoms with E-state index in [4.69, 9.17) is 5.11 Å². The first kappa shape index (κ1) is 16.8. The fourth-order valence-corrected chi connectivity index (χ4v) is 3.40. The number of aliphatic hydroxyl groups excluding tert-OH is 1. The molecular weight excluding hydrogens is 309 g/mol. The number of thioether (sulfide) groups is 1. The minimum atomic E-state index is -0.607. The first-order chi connectivity index (χ1) is 10.6. The quantitative estimate of drug-likeness (QED) is 0.848. The predicted octanol–water partition coefficient (Wildman–Crippen LogP) is 1.44. The maximum Gasteiger partial charge on any atom is 0.307 e. The van der Waals surface area contributed by atoms with Gasteiger partial charge in [0.15, 0.2) is 0 Å². The molecule has 0 saturated carbocycles. The number of methoxy groups -OCH3 is 1. The van der Waals surface area contributed by atoms with E-state index in [1.54, 1.807) is 16.7 Å². The highest BCUT2D eigenvalue weighted by Gasteiger charge is 2.30. The Kier molecular flexibility index (Phi) is 5.79. The monoisotopic (exact) mass is 327 g/mol. The topological polar surface area (TPSA) is 66.8 Å². The molecule has 1 aliphatic rings. The Balaban J connectivity index is 2.18. The van der Waals surface area contributed by atoms with E-state index in [0.29, 0.717) is 12.3 Å². The summed E-state index contributed by atoms with van der Waals surface area (Å²) in [6.45, 7) is 0.0974. The largest absolute Gasteiger partial charge is 0.469 e. The average molecular weight is 327 g/mol. The zero-order chi connectivity index (χ0) is 16.1. The van der Waals surface area contributed by atoms with Crippen molar-refractivity contribution in [3.63, 3.8) is 0 Å². The second kappa shape index (κ2) is 7.60. The van der Waals surface area contributed by atoms with Crippen molar-refractivity contribution in [1.29, 1.82) is 0 Å². The summed E-state index contributed by atoms with van der Waals surface area (Å²) in [6, 6.07) is 3.77. The van der Waals surface area contributed by atoms with Gasteiger partial charge in [0.25, 0.3) is 5.91 Å². The number of benzene rings is 1. The van der Waals surface area contributed by atoms with Crippen molar-refractivity contribution >= 4 is 23.6 Å². The van der Waals surface area contributed by atoms with Crippen LogP contribution in [0.15, 0.2) is 18.2 Å². The summed E-state index contributed by atoms with van der Waals surface area (Å²) in [5.41, 5.74) is 0.369. The highest BCUT2D eigenvalue weighted by molar-refractivity contribution is 7.99. The molecule has 1 fully saturated rings. The molecule has 1 heterocycles. The van der Waals surface area contributed by atoms with Crippen molar-refractivity contribution in [3.8, 4) is 0 Å². The van der Waals surface area contributed by atoms with Crippen LogP contribution < -0.4 is 0 Å². The van der Waals surface area contributed by atoms with Crippen molar-refractivity contribution in [3.05, 3.63) is 35.1 Å². The number of ether oxygens (including phenoxy) is 1. The highest BCUT2D eigenvalue weighted by Crippen LogP contribution is 2.22. The first-order valence-electron chi connectivity index (χ1n) is 6.91. The number of hydrogen-bond donors (Lipinski definition) is 1. The van der Waals surface area contributed by atoms with Crippen molar-refractivity contribution in [2.24, 2.45) is 0 Å². The van der Waals surface area contributed by atoms with Gasteiger partial charge in [-0.25, -0.2) is 4.39 Å². The number of carbonyl (C=O) groups excluding carboxylic acids is 2. The van der Waals surface area contributed by atoms with Crippen LogP contribution in [0.1, 0.15) is 22.3 Å². The van der Waals surface area contributed by atoms with E-state index in [2.05, 4.69) is 4.74 Å². The molecule has 1 N–H and O–H groups in total. The Morgan fingerprint density at radius 1 is 1.50 bits per heavy atom. The van der Waals surface area contributed by atoms with E-state index in [0.717, 1.165) is 11.8 Å². The Morgan fingerprint density at radius 2 is 2.27 bits per heavy atom. The second-order valence-electron chi connectivity index (χ2n) is 4.97. The molecule has 120 valence electrons. The van der Waals surface area contributed by atoms with Gasteiger partial charge in [0.05, 0.1) is 26.2 Å². The molecule has 1 amide bonds. The molecule has 1 aromatic rings. The van der Waals surface area contributed by atoms with Crippen LogP contribution in [0.2, 0.25) is 0 Å². The Hall–Kier alpha value is -1.60. The minimum Gasteiger partial charge on any atom is -0.469 e. The number of halogens is 1. The van der Waals surface area contributed by atoms with E-state index in [1.165, 1.54) is 19.2 Å². The lowest BCUT2D eigenvalue weighted by molar-refractivity contribution is -0.141. The first-order valence-corrected chi connectivity index (χ1v) is 8.07. The van der Waals surface area contributed by atoms with Gasteiger partial charge in [-0.15, -0.1) is 0 Å². The molecule has 1 saturated heterocycles. The lowest BCUT2D eigenvalue weighted by Gasteiger charge is -2.35. The number of hydrogen-bond acceptors (Lipinski definition) is 5. The molecule has 1 atom stereocenters. The highest BCUT2D eigenvalue weighted by atomic mass is 32.2. The van der Waals surface area contributed by atoms with Gasteiger partial charge >= 0.3 is 5.97 Å². The van der Waals surface area contributed by atoms with Crippen molar-refractivity contribution < 1.29 is 23.8 Å². The van der Waals surface area contributed by atoms with Gasteiger partial charge in [-0.3, -0.25) is 9.59 Å². The number of nitrogens with zero attached hydrogens (tertiary/aromatic N) is 1. The molecule has 0 spiro atoms. The zero-order valence-corrected chi connectivity index (χ0v) is 13.1. The van der Waals surface area contributed by atoms with Crippen LogP contribution in [0, 0.1) is 5.82 Å². The van der Waals surface area contributed by atoms with Gasteiger partial charge in [0, 0.05) is 29.2 Å². The summed E-state index contributed by atoms with van der Waals surface area (Å²) in [5.74, 6) is 0.146. The van der Waals surface area contributed by atoms with E-state index in [9.17, 15) is 14.0 Å². The van der Waals surface area contributed by atoms with Crippen molar-refractivity contribution in [2.75, 3.05) is 25.2 Å². The van der Waals surface area contributed by atoms with E-state index < -0.39 is 12.4 Å². The second-order valence-corrected chi connectivity index (χ2v) is 6.12. The van der Waals surface area contributed by atoms with Gasteiger partial charge in [0.2, 0.25) is 0 Å². The number of rotatable bonds is 4. The normalized spacial score (nSPS) is 18.1. The maximum atomic E-state index is 13.7. The van der Waals surface area contributed by atoms with E-state index in [-0.39, 0.29) is 35.5 Å². The third kappa shape index (κ3) is 3.78. The van der Waals surface area contributed by atoms with Gasteiger partial charge < -0.3 is 14.7 Å². The lowest BCUT2D eigenvalue weighted by atomic mass is 10.1. The summed E-state index contributed by atoms with van der Waals surface area (Å²) >= 11 is 1.67. The third-order valence-electron chi connectivity index (χ3n) is 3.59. The zero-order valence-electron chi connectivity index (χ0n) is 12.3. The predicted molar refractivity (Wildman–Crippen MR) is 81.1 cm³/mol. The number of amides is 1.